The van der Waals surface area contributed by atoms with Crippen molar-refractivity contribution in [2.24, 2.45) is 0 Å². The zero-order valence-corrected chi connectivity index (χ0v) is 5.88. The molecule has 9 heavy (non-hydrogen) atoms. The first-order valence-electron chi connectivity index (χ1n) is 2.85. The van der Waals surface area contributed by atoms with E-state index in [4.69, 9.17) is 5.73 Å². The summed E-state index contributed by atoms with van der Waals surface area (Å²) in [5.74, 6) is 0.361. The summed E-state index contributed by atoms with van der Waals surface area (Å²) in [6.45, 7) is 5.73. The fraction of sp³-hybridized carbons (Fsp3) is 0.600. The second-order valence-corrected chi connectivity index (χ2v) is 1.23. The Morgan fingerprint density at radius 2 is 1.89 bits per heavy atom. The van der Waals surface area contributed by atoms with Crippen molar-refractivity contribution < 1.29 is 4.63 Å². The molecule has 1 rings (SSSR count). The molecule has 0 fully saturated rings. The molecule has 0 atom stereocenters. The Balaban J connectivity index is 0.000000291. The molecule has 0 aliphatic rings. The molecule has 0 aromatic carbocycles. The van der Waals surface area contributed by atoms with Crippen LogP contribution in [-0.2, 0) is 0 Å². The second kappa shape index (κ2) is 3.88. The fourth-order valence-electron chi connectivity index (χ4n) is 0.238. The highest BCUT2D eigenvalue weighted by atomic mass is 16.6. The molecule has 1 aromatic rings. The van der Waals surface area contributed by atoms with Gasteiger partial charge in [0.05, 0.1) is 0 Å². The van der Waals surface area contributed by atoms with E-state index >= 15 is 0 Å². The average molecular weight is 129 g/mol. The van der Waals surface area contributed by atoms with Crippen LogP contribution in [0.5, 0.6) is 0 Å². The van der Waals surface area contributed by atoms with Crippen LogP contribution in [0, 0.1) is 6.92 Å². The van der Waals surface area contributed by atoms with Crippen molar-refractivity contribution in [1.29, 1.82) is 0 Å². The Morgan fingerprint density at radius 3 is 2.00 bits per heavy atom. The number of aromatic nitrogens is 2. The lowest BCUT2D eigenvalue weighted by Crippen LogP contribution is -1.85. The Kier molecular flexibility index (Phi) is 3.43. The van der Waals surface area contributed by atoms with Crippen molar-refractivity contribution in [3.8, 4) is 0 Å². The topological polar surface area (TPSA) is 64.9 Å². The van der Waals surface area contributed by atoms with Gasteiger partial charge in [-0.15, -0.1) is 0 Å². The van der Waals surface area contributed by atoms with Crippen molar-refractivity contribution in [3.05, 3.63) is 5.69 Å². The summed E-state index contributed by atoms with van der Waals surface area (Å²) in [7, 11) is 0. The molecular formula is C5H11N3O. The minimum atomic E-state index is 0.361. The molecule has 0 bridgehead atoms. The lowest BCUT2D eigenvalue weighted by atomic mass is 10.5. The van der Waals surface area contributed by atoms with Gasteiger partial charge in [0.2, 0.25) is 0 Å². The van der Waals surface area contributed by atoms with Gasteiger partial charge in [-0.3, -0.25) is 0 Å². The molecule has 0 amide bonds. The SMILES string of the molecule is CC.Cc1nonc1N. The highest BCUT2D eigenvalue weighted by Crippen LogP contribution is 1.98. The second-order valence-electron chi connectivity index (χ2n) is 1.23. The molecule has 0 saturated heterocycles. The van der Waals surface area contributed by atoms with Gasteiger partial charge in [-0.25, -0.2) is 4.63 Å². The van der Waals surface area contributed by atoms with Crippen molar-refractivity contribution in [3.63, 3.8) is 0 Å². The normalized spacial score (nSPS) is 7.89. The predicted octanol–water partition coefficient (Wildman–Crippen LogP) is 0.986. The van der Waals surface area contributed by atoms with Gasteiger partial charge >= 0.3 is 0 Å². The number of aryl methyl sites for hydroxylation is 1. The van der Waals surface area contributed by atoms with E-state index in [2.05, 4.69) is 14.9 Å². The van der Waals surface area contributed by atoms with E-state index in [9.17, 15) is 0 Å². The fourth-order valence-corrected chi connectivity index (χ4v) is 0.238. The quantitative estimate of drug-likeness (QED) is 0.567. The Bertz CT molecular complexity index is 144. The maximum atomic E-state index is 5.17. The van der Waals surface area contributed by atoms with Crippen molar-refractivity contribution in [2.75, 3.05) is 5.73 Å². The summed E-state index contributed by atoms with van der Waals surface area (Å²) in [6, 6.07) is 0. The summed E-state index contributed by atoms with van der Waals surface area (Å²) in [4.78, 5) is 0. The van der Waals surface area contributed by atoms with Crippen LogP contribution < -0.4 is 5.73 Å². The Morgan fingerprint density at radius 1 is 1.33 bits per heavy atom. The standard InChI is InChI=1S/C3H5N3O.C2H6/c1-2-3(4)6-7-5-2;1-2/h1H3,(H2,4,6);1-2H3. The molecule has 1 aromatic heterocycles. The van der Waals surface area contributed by atoms with Gasteiger partial charge in [0.15, 0.2) is 5.82 Å². The lowest BCUT2D eigenvalue weighted by Gasteiger charge is -1.72. The van der Waals surface area contributed by atoms with Gasteiger partial charge in [0.1, 0.15) is 5.69 Å². The summed E-state index contributed by atoms with van der Waals surface area (Å²) >= 11 is 0. The van der Waals surface area contributed by atoms with Crippen LogP contribution in [0.1, 0.15) is 19.5 Å². The monoisotopic (exact) mass is 129 g/mol. The maximum Gasteiger partial charge on any atom is 0.191 e. The molecule has 1 heterocycles. The van der Waals surface area contributed by atoms with Crippen molar-refractivity contribution >= 4 is 5.82 Å². The number of hydrogen-bond acceptors (Lipinski definition) is 4. The van der Waals surface area contributed by atoms with Gasteiger partial charge < -0.3 is 5.73 Å². The number of nitrogen functional groups attached to an aromatic ring is 1. The number of anilines is 1. The predicted molar refractivity (Wildman–Crippen MR) is 34.8 cm³/mol. The molecular weight excluding hydrogens is 118 g/mol. The van der Waals surface area contributed by atoms with Gasteiger partial charge in [-0.1, -0.05) is 19.0 Å². The summed E-state index contributed by atoms with van der Waals surface area (Å²) in [5, 5.41) is 6.71. The van der Waals surface area contributed by atoms with Crippen LogP contribution >= 0.6 is 0 Å². The highest BCUT2D eigenvalue weighted by molar-refractivity contribution is 5.28. The number of hydrogen-bond donors (Lipinski definition) is 1. The minimum absolute atomic E-state index is 0.361. The zero-order valence-electron chi connectivity index (χ0n) is 5.88. The van der Waals surface area contributed by atoms with Crippen LogP contribution in [0.15, 0.2) is 4.63 Å². The Labute approximate surface area is 54.0 Å². The summed E-state index contributed by atoms with van der Waals surface area (Å²) in [6.07, 6.45) is 0. The molecule has 0 radical (unpaired) electrons. The number of nitrogens with zero attached hydrogens (tertiary/aromatic N) is 2. The van der Waals surface area contributed by atoms with Gasteiger partial charge in [0, 0.05) is 0 Å². The van der Waals surface area contributed by atoms with Crippen LogP contribution in [0.4, 0.5) is 5.82 Å². The van der Waals surface area contributed by atoms with E-state index < -0.39 is 0 Å². The summed E-state index contributed by atoms with van der Waals surface area (Å²) in [5.41, 5.74) is 5.81. The molecule has 4 heteroatoms. The average Bonchev–Trinajstić information content (AvgIpc) is 2.23. The molecule has 0 unspecified atom stereocenters. The van der Waals surface area contributed by atoms with Crippen LogP contribution in [0.25, 0.3) is 0 Å². The third-order valence-electron chi connectivity index (χ3n) is 0.688. The number of nitrogens with two attached hydrogens (primary N) is 1. The first-order chi connectivity index (χ1) is 4.30. The van der Waals surface area contributed by atoms with Gasteiger partial charge in [-0.2, -0.15) is 0 Å². The molecule has 4 nitrogen and oxygen atoms in total. The Hall–Kier alpha value is -1.06. The van der Waals surface area contributed by atoms with E-state index in [1.165, 1.54) is 0 Å². The third kappa shape index (κ3) is 2.12. The molecule has 0 aliphatic heterocycles. The molecule has 0 spiro atoms. The highest BCUT2D eigenvalue weighted by Gasteiger charge is 1.94. The zero-order chi connectivity index (χ0) is 7.28. The molecule has 0 aliphatic carbocycles. The summed E-state index contributed by atoms with van der Waals surface area (Å²) < 4.78 is 4.22. The maximum absolute atomic E-state index is 5.17. The minimum Gasteiger partial charge on any atom is -0.379 e. The number of rotatable bonds is 0. The van der Waals surface area contributed by atoms with E-state index in [0.717, 1.165) is 0 Å². The van der Waals surface area contributed by atoms with E-state index in [1.54, 1.807) is 6.92 Å². The van der Waals surface area contributed by atoms with Gasteiger partial charge in [0.25, 0.3) is 0 Å². The van der Waals surface area contributed by atoms with Crippen LogP contribution in [0.2, 0.25) is 0 Å². The first kappa shape index (κ1) is 7.94. The molecule has 0 saturated carbocycles. The molecule has 52 valence electrons. The van der Waals surface area contributed by atoms with Crippen LogP contribution in [-0.4, -0.2) is 10.3 Å². The first-order valence-corrected chi connectivity index (χ1v) is 2.85. The van der Waals surface area contributed by atoms with E-state index in [0.29, 0.717) is 11.5 Å². The van der Waals surface area contributed by atoms with Crippen molar-refractivity contribution in [2.45, 2.75) is 20.8 Å². The van der Waals surface area contributed by atoms with Crippen LogP contribution in [0.3, 0.4) is 0 Å². The van der Waals surface area contributed by atoms with Crippen molar-refractivity contribution in [1.82, 2.24) is 10.3 Å². The molecule has 2 N–H and O–H groups in total. The smallest absolute Gasteiger partial charge is 0.191 e. The van der Waals surface area contributed by atoms with E-state index in [-0.39, 0.29) is 0 Å². The van der Waals surface area contributed by atoms with Gasteiger partial charge in [-0.05, 0) is 12.1 Å². The third-order valence-corrected chi connectivity index (χ3v) is 0.688. The largest absolute Gasteiger partial charge is 0.379 e. The van der Waals surface area contributed by atoms with E-state index in [1.807, 2.05) is 13.8 Å². The lowest BCUT2D eigenvalue weighted by molar-refractivity contribution is 0.306.